The van der Waals surface area contributed by atoms with Crippen molar-refractivity contribution < 1.29 is 4.74 Å². The molecule has 2 unspecified atom stereocenters. The first-order valence-electron chi connectivity index (χ1n) is 7.63. The van der Waals surface area contributed by atoms with E-state index in [1.807, 2.05) is 30.3 Å². The summed E-state index contributed by atoms with van der Waals surface area (Å²) in [6.45, 7) is 9.34. The van der Waals surface area contributed by atoms with E-state index in [1.165, 1.54) is 0 Å². The zero-order valence-corrected chi connectivity index (χ0v) is 13.2. The largest absolute Gasteiger partial charge is 0.379 e. The number of morpholine rings is 1. The second-order valence-corrected chi connectivity index (χ2v) is 6.08. The molecule has 1 aliphatic heterocycles. The van der Waals surface area contributed by atoms with Crippen molar-refractivity contribution in [1.82, 2.24) is 10.2 Å². The molecule has 0 saturated carbocycles. The predicted molar refractivity (Wildman–Crippen MR) is 83.9 cm³/mol. The maximum absolute atomic E-state index is 9.93. The molecule has 1 saturated heterocycles. The van der Waals surface area contributed by atoms with E-state index >= 15 is 0 Å². The van der Waals surface area contributed by atoms with Crippen molar-refractivity contribution in [1.29, 1.82) is 5.26 Å². The Kier molecular flexibility index (Phi) is 5.35. The van der Waals surface area contributed by atoms with E-state index in [2.05, 4.69) is 37.1 Å². The van der Waals surface area contributed by atoms with Gasteiger partial charge in [-0.3, -0.25) is 10.2 Å². The molecule has 1 heterocycles. The molecule has 114 valence electrons. The molecular formula is C17H25N3O. The number of hydrogen-bond donors (Lipinski definition) is 1. The second-order valence-electron chi connectivity index (χ2n) is 6.08. The van der Waals surface area contributed by atoms with E-state index in [4.69, 9.17) is 4.74 Å². The van der Waals surface area contributed by atoms with Crippen LogP contribution in [0.1, 0.15) is 26.3 Å². The van der Waals surface area contributed by atoms with E-state index in [0.717, 1.165) is 25.3 Å². The predicted octanol–water partition coefficient (Wildman–Crippen LogP) is 2.12. The molecule has 21 heavy (non-hydrogen) atoms. The number of nitrogens with zero attached hydrogens (tertiary/aromatic N) is 2. The Morgan fingerprint density at radius 2 is 2.14 bits per heavy atom. The summed E-state index contributed by atoms with van der Waals surface area (Å²) in [5.41, 5.74) is 0.348. The van der Waals surface area contributed by atoms with Crippen molar-refractivity contribution in [3.8, 4) is 6.07 Å². The van der Waals surface area contributed by atoms with Crippen LogP contribution >= 0.6 is 0 Å². The van der Waals surface area contributed by atoms with Crippen LogP contribution in [0.5, 0.6) is 0 Å². The van der Waals surface area contributed by atoms with Crippen LogP contribution in [0.15, 0.2) is 30.3 Å². The second kappa shape index (κ2) is 7.04. The van der Waals surface area contributed by atoms with Gasteiger partial charge in [-0.2, -0.15) is 5.26 Å². The molecule has 2 rings (SSSR count). The zero-order chi connectivity index (χ0) is 15.3. The summed E-state index contributed by atoms with van der Waals surface area (Å²) >= 11 is 0. The van der Waals surface area contributed by atoms with Crippen molar-refractivity contribution in [2.75, 3.05) is 26.3 Å². The minimum Gasteiger partial charge on any atom is -0.379 e. The average Bonchev–Trinajstić information content (AvgIpc) is 2.49. The Balaban J connectivity index is 2.29. The third kappa shape index (κ3) is 3.82. The lowest BCUT2D eigenvalue weighted by Crippen LogP contribution is -2.56. The topological polar surface area (TPSA) is 48.3 Å². The molecule has 0 bridgehead atoms. The minimum atomic E-state index is -0.680. The first-order valence-corrected chi connectivity index (χ1v) is 7.63. The van der Waals surface area contributed by atoms with Gasteiger partial charge in [0.15, 0.2) is 0 Å². The summed E-state index contributed by atoms with van der Waals surface area (Å²) in [4.78, 5) is 2.34. The van der Waals surface area contributed by atoms with Gasteiger partial charge < -0.3 is 4.74 Å². The molecular weight excluding hydrogens is 262 g/mol. The molecule has 1 aromatic rings. The summed E-state index contributed by atoms with van der Waals surface area (Å²) in [5.74, 6) is 0. The van der Waals surface area contributed by atoms with Gasteiger partial charge in [-0.1, -0.05) is 30.3 Å². The standard InChI is InChI=1S/C17H25N3O/c1-14(2)19-17(12-18,16-7-5-4-6-8-16)13-20-9-10-21-11-15(20)3/h4-8,14-15,19H,9-11,13H2,1-3H3. The van der Waals surface area contributed by atoms with E-state index in [-0.39, 0.29) is 6.04 Å². The Labute approximate surface area is 127 Å². The summed E-state index contributed by atoms with van der Waals surface area (Å²) < 4.78 is 5.50. The van der Waals surface area contributed by atoms with Crippen LogP contribution in [-0.2, 0) is 10.3 Å². The lowest BCUT2D eigenvalue weighted by molar-refractivity contribution is -0.00988. The fourth-order valence-corrected chi connectivity index (χ4v) is 2.87. The van der Waals surface area contributed by atoms with Gasteiger partial charge in [-0.15, -0.1) is 0 Å². The van der Waals surface area contributed by atoms with Crippen LogP contribution in [0.4, 0.5) is 0 Å². The molecule has 1 fully saturated rings. The molecule has 0 aliphatic carbocycles. The molecule has 0 aromatic heterocycles. The zero-order valence-electron chi connectivity index (χ0n) is 13.2. The molecule has 2 atom stereocenters. The van der Waals surface area contributed by atoms with Crippen molar-refractivity contribution in [2.45, 2.75) is 38.4 Å². The van der Waals surface area contributed by atoms with Gasteiger partial charge in [0.25, 0.3) is 0 Å². The monoisotopic (exact) mass is 287 g/mol. The van der Waals surface area contributed by atoms with Gasteiger partial charge in [0.05, 0.1) is 19.3 Å². The fraction of sp³-hybridized carbons (Fsp3) is 0.588. The third-order valence-corrected chi connectivity index (χ3v) is 3.94. The molecule has 4 heteroatoms. The van der Waals surface area contributed by atoms with E-state index in [1.54, 1.807) is 0 Å². The maximum atomic E-state index is 9.93. The van der Waals surface area contributed by atoms with E-state index in [9.17, 15) is 5.26 Å². The fourth-order valence-electron chi connectivity index (χ4n) is 2.87. The van der Waals surface area contributed by atoms with Gasteiger partial charge in [0.2, 0.25) is 0 Å². The number of benzene rings is 1. The van der Waals surface area contributed by atoms with Crippen LogP contribution in [0.25, 0.3) is 0 Å². The van der Waals surface area contributed by atoms with Gasteiger partial charge in [0, 0.05) is 25.2 Å². The van der Waals surface area contributed by atoms with Crippen molar-refractivity contribution in [3.63, 3.8) is 0 Å². The Bertz CT molecular complexity index is 483. The van der Waals surface area contributed by atoms with Gasteiger partial charge in [-0.25, -0.2) is 0 Å². The number of rotatable bonds is 5. The highest BCUT2D eigenvalue weighted by Gasteiger charge is 2.36. The molecule has 0 spiro atoms. The number of nitriles is 1. The number of hydrogen-bond acceptors (Lipinski definition) is 4. The first-order chi connectivity index (χ1) is 10.1. The normalized spacial score (nSPS) is 22.7. The Morgan fingerprint density at radius 3 is 2.71 bits per heavy atom. The van der Waals surface area contributed by atoms with Crippen molar-refractivity contribution in [3.05, 3.63) is 35.9 Å². The number of nitrogens with one attached hydrogen (secondary N) is 1. The quantitative estimate of drug-likeness (QED) is 0.901. The van der Waals surface area contributed by atoms with E-state index < -0.39 is 5.54 Å². The average molecular weight is 287 g/mol. The molecule has 1 aliphatic rings. The van der Waals surface area contributed by atoms with Crippen LogP contribution in [0, 0.1) is 11.3 Å². The minimum absolute atomic E-state index is 0.237. The SMILES string of the molecule is CC(C)NC(C#N)(CN1CCOCC1C)c1ccccc1. The van der Waals surface area contributed by atoms with Gasteiger partial charge in [0.1, 0.15) is 5.54 Å². The third-order valence-electron chi connectivity index (χ3n) is 3.94. The number of ether oxygens (including phenoxy) is 1. The molecule has 1 aromatic carbocycles. The molecule has 0 amide bonds. The molecule has 1 N–H and O–H groups in total. The summed E-state index contributed by atoms with van der Waals surface area (Å²) in [6.07, 6.45) is 0. The lowest BCUT2D eigenvalue weighted by Gasteiger charge is -2.40. The highest BCUT2D eigenvalue weighted by atomic mass is 16.5. The summed E-state index contributed by atoms with van der Waals surface area (Å²) in [5, 5.41) is 13.4. The van der Waals surface area contributed by atoms with Crippen LogP contribution in [0.3, 0.4) is 0 Å². The maximum Gasteiger partial charge on any atom is 0.145 e. The highest BCUT2D eigenvalue weighted by Crippen LogP contribution is 2.24. The molecule has 4 nitrogen and oxygen atoms in total. The highest BCUT2D eigenvalue weighted by molar-refractivity contribution is 5.32. The van der Waals surface area contributed by atoms with E-state index in [0.29, 0.717) is 12.6 Å². The van der Waals surface area contributed by atoms with Crippen LogP contribution in [-0.4, -0.2) is 43.3 Å². The summed E-state index contributed by atoms with van der Waals surface area (Å²) in [7, 11) is 0. The van der Waals surface area contributed by atoms with Crippen molar-refractivity contribution >= 4 is 0 Å². The Morgan fingerprint density at radius 1 is 1.43 bits per heavy atom. The smallest absolute Gasteiger partial charge is 0.145 e. The van der Waals surface area contributed by atoms with Crippen molar-refractivity contribution in [2.24, 2.45) is 0 Å². The first kappa shape index (κ1) is 16.0. The van der Waals surface area contributed by atoms with Gasteiger partial charge >= 0.3 is 0 Å². The molecule has 0 radical (unpaired) electrons. The summed E-state index contributed by atoms with van der Waals surface area (Å²) in [6, 6.07) is 13.1. The van der Waals surface area contributed by atoms with Gasteiger partial charge in [-0.05, 0) is 26.3 Å². The van der Waals surface area contributed by atoms with Crippen LogP contribution < -0.4 is 5.32 Å². The Hall–Kier alpha value is -1.41. The van der Waals surface area contributed by atoms with Crippen LogP contribution in [0.2, 0.25) is 0 Å². The lowest BCUT2D eigenvalue weighted by atomic mass is 9.89.